The number of pyridine rings is 1. The number of H-pyrrole nitrogens is 1. The van der Waals surface area contributed by atoms with Crippen LogP contribution in [0.4, 0.5) is 5.82 Å². The van der Waals surface area contributed by atoms with Crippen molar-refractivity contribution in [3.05, 3.63) is 36.5 Å². The minimum atomic E-state index is 0. The van der Waals surface area contributed by atoms with Gasteiger partial charge in [-0.15, -0.1) is 12.4 Å². The molecular weight excluding hydrogens is 210 g/mol. The zero-order valence-electron chi connectivity index (χ0n) is 7.90. The highest BCUT2D eigenvalue weighted by Crippen LogP contribution is 2.27. The highest BCUT2D eigenvalue weighted by molar-refractivity contribution is 6.11. The lowest BCUT2D eigenvalue weighted by atomic mass is 10.2. The molecule has 4 heteroatoms. The molecule has 0 aliphatic carbocycles. The van der Waals surface area contributed by atoms with Crippen LogP contribution < -0.4 is 5.73 Å². The molecule has 3 N–H and O–H groups in total. The van der Waals surface area contributed by atoms with E-state index in [1.54, 1.807) is 6.20 Å². The van der Waals surface area contributed by atoms with Crippen molar-refractivity contribution in [3.63, 3.8) is 0 Å². The fourth-order valence-electron chi connectivity index (χ4n) is 1.82. The normalized spacial score (nSPS) is 10.4. The Morgan fingerprint density at radius 2 is 1.87 bits per heavy atom. The lowest BCUT2D eigenvalue weighted by Crippen LogP contribution is -1.88. The number of rotatable bonds is 0. The van der Waals surface area contributed by atoms with Crippen molar-refractivity contribution in [1.82, 2.24) is 9.97 Å². The standard InChI is InChI=1S/C11H9N3.ClH/c12-11-10-7-3-1-2-4-8(7)14-9(10)5-6-13-11;/h1-6,14H,(H2,12,13);1H. The summed E-state index contributed by atoms with van der Waals surface area (Å²) < 4.78 is 0. The van der Waals surface area contributed by atoms with Crippen LogP contribution in [0.1, 0.15) is 0 Å². The molecule has 3 aromatic rings. The van der Waals surface area contributed by atoms with E-state index < -0.39 is 0 Å². The summed E-state index contributed by atoms with van der Waals surface area (Å²) in [6.45, 7) is 0. The summed E-state index contributed by atoms with van der Waals surface area (Å²) in [7, 11) is 0. The topological polar surface area (TPSA) is 54.7 Å². The first-order chi connectivity index (χ1) is 6.86. The zero-order chi connectivity index (χ0) is 9.54. The predicted molar refractivity (Wildman–Crippen MR) is 65.3 cm³/mol. The minimum absolute atomic E-state index is 0. The fraction of sp³-hybridized carbons (Fsp3) is 0. The maximum Gasteiger partial charge on any atom is 0.133 e. The van der Waals surface area contributed by atoms with Gasteiger partial charge in [0.1, 0.15) is 5.82 Å². The molecular formula is C11H10ClN3. The molecule has 0 aliphatic rings. The van der Waals surface area contributed by atoms with E-state index in [2.05, 4.69) is 9.97 Å². The number of aromatic nitrogens is 2. The van der Waals surface area contributed by atoms with Crippen LogP contribution in [0.5, 0.6) is 0 Å². The van der Waals surface area contributed by atoms with Gasteiger partial charge >= 0.3 is 0 Å². The molecule has 0 amide bonds. The Bertz CT molecular complexity index is 615. The zero-order valence-corrected chi connectivity index (χ0v) is 8.71. The Hall–Kier alpha value is -1.74. The molecule has 3 nitrogen and oxygen atoms in total. The first-order valence-corrected chi connectivity index (χ1v) is 4.47. The van der Waals surface area contributed by atoms with Gasteiger partial charge in [-0.05, 0) is 12.1 Å². The molecule has 0 radical (unpaired) electrons. The Balaban J connectivity index is 0.000000853. The summed E-state index contributed by atoms with van der Waals surface area (Å²) in [5, 5.41) is 2.15. The number of nitrogen functional groups attached to an aromatic ring is 1. The van der Waals surface area contributed by atoms with E-state index in [9.17, 15) is 0 Å². The summed E-state index contributed by atoms with van der Waals surface area (Å²) in [6, 6.07) is 10.0. The molecule has 0 fully saturated rings. The third-order valence-corrected chi connectivity index (χ3v) is 2.45. The smallest absolute Gasteiger partial charge is 0.133 e. The van der Waals surface area contributed by atoms with Crippen molar-refractivity contribution >= 4 is 40.0 Å². The number of nitrogens with two attached hydrogens (primary N) is 1. The molecule has 0 saturated carbocycles. The van der Waals surface area contributed by atoms with E-state index in [0.717, 1.165) is 21.8 Å². The Morgan fingerprint density at radius 3 is 2.73 bits per heavy atom. The third-order valence-electron chi connectivity index (χ3n) is 2.45. The van der Waals surface area contributed by atoms with Crippen LogP contribution in [0, 0.1) is 0 Å². The molecule has 0 aliphatic heterocycles. The van der Waals surface area contributed by atoms with Crippen LogP contribution in [0.3, 0.4) is 0 Å². The fourth-order valence-corrected chi connectivity index (χ4v) is 1.82. The van der Waals surface area contributed by atoms with Crippen molar-refractivity contribution in [2.24, 2.45) is 0 Å². The first-order valence-electron chi connectivity index (χ1n) is 4.47. The number of benzene rings is 1. The van der Waals surface area contributed by atoms with Gasteiger partial charge in [-0.1, -0.05) is 18.2 Å². The van der Waals surface area contributed by atoms with Crippen LogP contribution >= 0.6 is 12.4 Å². The van der Waals surface area contributed by atoms with Gasteiger partial charge < -0.3 is 10.7 Å². The summed E-state index contributed by atoms with van der Waals surface area (Å²) >= 11 is 0. The molecule has 15 heavy (non-hydrogen) atoms. The second-order valence-corrected chi connectivity index (χ2v) is 3.29. The molecule has 2 heterocycles. The van der Waals surface area contributed by atoms with Crippen LogP contribution in [0.2, 0.25) is 0 Å². The molecule has 3 rings (SSSR count). The van der Waals surface area contributed by atoms with Gasteiger partial charge in [-0.25, -0.2) is 4.98 Å². The monoisotopic (exact) mass is 219 g/mol. The maximum absolute atomic E-state index is 5.84. The molecule has 0 spiro atoms. The molecule has 1 aromatic carbocycles. The van der Waals surface area contributed by atoms with Gasteiger partial charge in [0.2, 0.25) is 0 Å². The number of aromatic amines is 1. The second-order valence-electron chi connectivity index (χ2n) is 3.29. The molecule has 2 aromatic heterocycles. The lowest BCUT2D eigenvalue weighted by Gasteiger charge is -1.94. The maximum atomic E-state index is 5.84. The van der Waals surface area contributed by atoms with E-state index >= 15 is 0 Å². The molecule has 76 valence electrons. The highest BCUT2D eigenvalue weighted by Gasteiger charge is 2.05. The minimum Gasteiger partial charge on any atom is -0.383 e. The second kappa shape index (κ2) is 3.44. The largest absolute Gasteiger partial charge is 0.383 e. The molecule has 0 unspecified atom stereocenters. The number of halogens is 1. The van der Waals surface area contributed by atoms with Crippen molar-refractivity contribution in [2.45, 2.75) is 0 Å². The van der Waals surface area contributed by atoms with E-state index in [1.165, 1.54) is 0 Å². The van der Waals surface area contributed by atoms with Crippen molar-refractivity contribution in [2.75, 3.05) is 5.73 Å². The van der Waals surface area contributed by atoms with Gasteiger partial charge in [0.15, 0.2) is 0 Å². The summed E-state index contributed by atoms with van der Waals surface area (Å²) in [4.78, 5) is 7.39. The number of hydrogen-bond donors (Lipinski definition) is 2. The molecule has 0 atom stereocenters. The van der Waals surface area contributed by atoms with E-state index in [4.69, 9.17) is 5.73 Å². The average Bonchev–Trinajstić information content (AvgIpc) is 2.57. The third kappa shape index (κ3) is 1.32. The van der Waals surface area contributed by atoms with Gasteiger partial charge in [0.25, 0.3) is 0 Å². The SMILES string of the molecule is Cl.Nc1nccc2[nH]c3ccccc3c12. The van der Waals surface area contributed by atoms with Crippen LogP contribution in [0.15, 0.2) is 36.5 Å². The van der Waals surface area contributed by atoms with Crippen molar-refractivity contribution in [1.29, 1.82) is 0 Å². The number of fused-ring (bicyclic) bond motifs is 3. The Kier molecular flexibility index (Phi) is 2.25. The Morgan fingerprint density at radius 1 is 1.07 bits per heavy atom. The predicted octanol–water partition coefficient (Wildman–Crippen LogP) is 2.72. The van der Waals surface area contributed by atoms with Crippen LogP contribution in [-0.2, 0) is 0 Å². The van der Waals surface area contributed by atoms with Gasteiger partial charge in [0, 0.05) is 22.5 Å². The number of nitrogens with one attached hydrogen (secondary N) is 1. The summed E-state index contributed by atoms with van der Waals surface area (Å²) in [5.74, 6) is 0.583. The van der Waals surface area contributed by atoms with Crippen LogP contribution in [0.25, 0.3) is 21.8 Å². The number of anilines is 1. The van der Waals surface area contributed by atoms with Crippen molar-refractivity contribution < 1.29 is 0 Å². The highest BCUT2D eigenvalue weighted by atomic mass is 35.5. The lowest BCUT2D eigenvalue weighted by molar-refractivity contribution is 1.36. The van der Waals surface area contributed by atoms with E-state index in [-0.39, 0.29) is 12.4 Å². The number of hydrogen-bond acceptors (Lipinski definition) is 2. The van der Waals surface area contributed by atoms with Crippen molar-refractivity contribution in [3.8, 4) is 0 Å². The van der Waals surface area contributed by atoms with Gasteiger partial charge in [-0.2, -0.15) is 0 Å². The molecule has 0 saturated heterocycles. The quantitative estimate of drug-likeness (QED) is 0.611. The molecule has 0 bridgehead atoms. The average molecular weight is 220 g/mol. The van der Waals surface area contributed by atoms with E-state index in [1.807, 2.05) is 30.3 Å². The summed E-state index contributed by atoms with van der Waals surface area (Å²) in [5.41, 5.74) is 7.98. The summed E-state index contributed by atoms with van der Waals surface area (Å²) in [6.07, 6.45) is 1.72. The first kappa shape index (κ1) is 9.80. The number of nitrogens with zero attached hydrogens (tertiary/aromatic N) is 1. The van der Waals surface area contributed by atoms with Gasteiger partial charge in [0.05, 0.1) is 5.52 Å². The van der Waals surface area contributed by atoms with Gasteiger partial charge in [-0.3, -0.25) is 0 Å². The number of para-hydroxylation sites is 1. The van der Waals surface area contributed by atoms with Crippen LogP contribution in [-0.4, -0.2) is 9.97 Å². The Labute approximate surface area is 92.7 Å². The van der Waals surface area contributed by atoms with E-state index in [0.29, 0.717) is 5.82 Å².